The largest absolute Gasteiger partial charge is 0.358 e. The molecule has 4 aromatic rings. The number of benzene rings is 2. The molecule has 0 aliphatic heterocycles. The Morgan fingerprint density at radius 1 is 0.854 bits per heavy atom. The fourth-order valence-corrected chi connectivity index (χ4v) is 4.55. The third-order valence-corrected chi connectivity index (χ3v) is 7.74. The van der Waals surface area contributed by atoms with Crippen LogP contribution in [0.25, 0.3) is 27.4 Å². The van der Waals surface area contributed by atoms with Gasteiger partial charge in [0.15, 0.2) is 0 Å². The van der Waals surface area contributed by atoms with Crippen molar-refractivity contribution in [3.8, 4) is 28.6 Å². The first-order chi connectivity index (χ1) is 18.7. The van der Waals surface area contributed by atoms with Crippen molar-refractivity contribution in [2.45, 2.75) is 71.6 Å². The van der Waals surface area contributed by atoms with Crippen LogP contribution in [0.1, 0.15) is 94.3 Å². The average molecular weight is 721 g/mol. The second kappa shape index (κ2) is 14.3. The summed E-state index contributed by atoms with van der Waals surface area (Å²) in [5.41, 5.74) is 8.16. The van der Waals surface area contributed by atoms with E-state index in [0.717, 1.165) is 46.7 Å². The summed E-state index contributed by atoms with van der Waals surface area (Å²) in [5.74, 6) is 0.699. The summed E-state index contributed by atoms with van der Waals surface area (Å²) in [6, 6.07) is 28.3. The minimum Gasteiger partial charge on any atom is -0.358 e. The van der Waals surface area contributed by atoms with E-state index in [1.165, 1.54) is 11.1 Å². The molecule has 0 aliphatic rings. The Balaban J connectivity index is 0.00000294. The topological polar surface area (TPSA) is 53.9 Å². The van der Waals surface area contributed by atoms with E-state index >= 15 is 0 Å². The normalized spacial score (nSPS) is 12.2. The van der Waals surface area contributed by atoms with Crippen molar-refractivity contribution in [3.05, 3.63) is 120 Å². The average Bonchev–Trinajstić information content (AvgIpc) is 2.99. The van der Waals surface area contributed by atoms with Crippen LogP contribution < -0.4 is 0 Å². The van der Waals surface area contributed by atoms with Gasteiger partial charge in [0.25, 0.3) is 0 Å². The third kappa shape index (κ3) is 7.38. The zero-order valence-electron chi connectivity index (χ0n) is 24.9. The van der Waals surface area contributed by atoms with Gasteiger partial charge in [-0.2, -0.15) is 11.3 Å². The molecule has 0 bridgehead atoms. The molecular formula is C36H37N4Pt-3. The molecule has 0 N–H and O–H groups in total. The Morgan fingerprint density at radius 3 is 1.80 bits per heavy atom. The SMILES string of the molecule is [C-]#[N+]c1cc[c-]c(-c2cc(C(C)CC)cc(C(C)(C)c3cc(C(C)CC)cc(-c4[c-]ccc(C#N)c4)n3)n2)c1.[CH3-].[Pt]. The van der Waals surface area contributed by atoms with Crippen LogP contribution in [0.4, 0.5) is 5.69 Å². The third-order valence-electron chi connectivity index (χ3n) is 7.74. The van der Waals surface area contributed by atoms with E-state index in [0.29, 0.717) is 23.1 Å². The zero-order chi connectivity index (χ0) is 28.2. The van der Waals surface area contributed by atoms with E-state index in [9.17, 15) is 5.26 Å². The van der Waals surface area contributed by atoms with E-state index in [4.69, 9.17) is 16.5 Å². The van der Waals surface area contributed by atoms with Crippen molar-refractivity contribution in [1.29, 1.82) is 5.26 Å². The fourth-order valence-electron chi connectivity index (χ4n) is 4.55. The molecule has 4 rings (SSSR count). The Morgan fingerprint density at radius 2 is 1.34 bits per heavy atom. The van der Waals surface area contributed by atoms with Crippen molar-refractivity contribution in [2.75, 3.05) is 0 Å². The molecule has 2 aromatic heterocycles. The molecule has 0 saturated heterocycles. The molecule has 0 fully saturated rings. The number of hydrogen-bond acceptors (Lipinski definition) is 3. The maximum Gasteiger partial charge on any atom is 0.108 e. The van der Waals surface area contributed by atoms with Gasteiger partial charge in [-0.15, -0.1) is 53.6 Å². The number of nitrogens with zero attached hydrogens (tertiary/aromatic N) is 4. The molecule has 0 radical (unpaired) electrons. The molecule has 2 heterocycles. The molecule has 2 atom stereocenters. The van der Waals surface area contributed by atoms with Gasteiger partial charge in [-0.25, -0.2) is 0 Å². The summed E-state index contributed by atoms with van der Waals surface area (Å²) >= 11 is 0. The monoisotopic (exact) mass is 720 g/mol. The van der Waals surface area contributed by atoms with Crippen LogP contribution in [-0.2, 0) is 26.5 Å². The maximum absolute atomic E-state index is 9.45. The van der Waals surface area contributed by atoms with Crippen LogP contribution in [0, 0.1) is 37.5 Å². The summed E-state index contributed by atoms with van der Waals surface area (Å²) in [4.78, 5) is 13.9. The predicted octanol–water partition coefficient (Wildman–Crippen LogP) is 9.63. The van der Waals surface area contributed by atoms with Crippen molar-refractivity contribution in [2.24, 2.45) is 0 Å². The first-order valence-corrected chi connectivity index (χ1v) is 13.6. The number of hydrogen-bond donors (Lipinski definition) is 0. The Hall–Kier alpha value is -3.59. The van der Waals surface area contributed by atoms with Gasteiger partial charge in [0.05, 0.1) is 12.6 Å². The van der Waals surface area contributed by atoms with E-state index in [2.05, 4.69) is 88.9 Å². The summed E-state index contributed by atoms with van der Waals surface area (Å²) < 4.78 is 0. The minimum atomic E-state index is -0.513. The summed E-state index contributed by atoms with van der Waals surface area (Å²) in [6.07, 6.45) is 2.01. The quantitative estimate of drug-likeness (QED) is 0.171. The van der Waals surface area contributed by atoms with E-state index in [1.54, 1.807) is 24.3 Å². The smallest absolute Gasteiger partial charge is 0.108 e. The van der Waals surface area contributed by atoms with E-state index in [1.807, 2.05) is 12.1 Å². The van der Waals surface area contributed by atoms with Gasteiger partial charge in [-0.3, -0.25) is 4.85 Å². The standard InChI is InChI=1S/C35H34N4.CH3.Pt/c1-8-23(3)28-18-31(26-13-10-12-25(16-26)22-36)38-33(20-28)35(5,6)34-21-29(24(4)9-2)19-32(39-34)27-14-11-15-30(17-27)37-7;;/h10-12,15-21,23-24H,8-9H2,1-6H3;1H3;/q-2;-1;. The molecule has 0 spiro atoms. The van der Waals surface area contributed by atoms with Gasteiger partial charge in [0.2, 0.25) is 0 Å². The molecule has 5 heteroatoms. The Bertz CT molecular complexity index is 1460. The predicted molar refractivity (Wildman–Crippen MR) is 164 cm³/mol. The van der Waals surface area contributed by atoms with Gasteiger partial charge >= 0.3 is 0 Å². The second-order valence-electron chi connectivity index (χ2n) is 10.8. The summed E-state index contributed by atoms with van der Waals surface area (Å²) in [7, 11) is 0. The number of nitriles is 1. The minimum absolute atomic E-state index is 0. The van der Waals surface area contributed by atoms with Gasteiger partial charge in [0.1, 0.15) is 5.69 Å². The van der Waals surface area contributed by atoms with E-state index in [-0.39, 0.29) is 28.5 Å². The van der Waals surface area contributed by atoms with Crippen LogP contribution >= 0.6 is 0 Å². The van der Waals surface area contributed by atoms with E-state index < -0.39 is 5.41 Å². The van der Waals surface area contributed by atoms with Crippen LogP contribution in [0.2, 0.25) is 0 Å². The summed E-state index contributed by atoms with van der Waals surface area (Å²) in [6.45, 7) is 20.6. The van der Waals surface area contributed by atoms with Crippen LogP contribution in [0.5, 0.6) is 0 Å². The molecule has 41 heavy (non-hydrogen) atoms. The van der Waals surface area contributed by atoms with Gasteiger partial charge in [-0.05, 0) is 67.6 Å². The molecule has 2 unspecified atom stereocenters. The van der Waals surface area contributed by atoms with Gasteiger partial charge in [-0.1, -0.05) is 51.0 Å². The first kappa shape index (κ1) is 33.6. The zero-order valence-corrected chi connectivity index (χ0v) is 27.2. The molecule has 214 valence electrons. The fraction of sp³-hybridized carbons (Fsp3) is 0.306. The van der Waals surface area contributed by atoms with Crippen LogP contribution in [-0.4, -0.2) is 9.97 Å². The molecule has 0 aliphatic carbocycles. The van der Waals surface area contributed by atoms with Crippen molar-refractivity contribution in [3.63, 3.8) is 0 Å². The molecule has 0 amide bonds. The Kier molecular flexibility index (Phi) is 11.8. The molecular weight excluding hydrogens is 684 g/mol. The molecule has 2 aromatic carbocycles. The molecule has 4 nitrogen and oxygen atoms in total. The maximum atomic E-state index is 9.45. The van der Waals surface area contributed by atoms with Gasteiger partial charge in [0, 0.05) is 37.9 Å². The van der Waals surface area contributed by atoms with Gasteiger partial charge < -0.3 is 17.4 Å². The molecule has 0 saturated carbocycles. The van der Waals surface area contributed by atoms with Crippen molar-refractivity contribution < 1.29 is 21.1 Å². The Labute approximate surface area is 261 Å². The number of pyridine rings is 2. The summed E-state index contributed by atoms with van der Waals surface area (Å²) in [5, 5.41) is 9.45. The first-order valence-electron chi connectivity index (χ1n) is 13.6. The second-order valence-corrected chi connectivity index (χ2v) is 10.8. The van der Waals surface area contributed by atoms with Crippen LogP contribution in [0.15, 0.2) is 60.7 Å². The van der Waals surface area contributed by atoms with Crippen molar-refractivity contribution >= 4 is 5.69 Å². The van der Waals surface area contributed by atoms with Crippen molar-refractivity contribution in [1.82, 2.24) is 9.97 Å². The number of aromatic nitrogens is 2. The number of rotatable bonds is 8. The van der Waals surface area contributed by atoms with Crippen LogP contribution in [0.3, 0.4) is 0 Å².